The Bertz CT molecular complexity index is 2390. The highest BCUT2D eigenvalue weighted by molar-refractivity contribution is 7.99. The number of thioether (sulfide) groups is 1. The van der Waals surface area contributed by atoms with Crippen LogP contribution in [0.5, 0.6) is 23.0 Å². The molecule has 6 unspecified atom stereocenters. The maximum Gasteiger partial charge on any atom is 0.254 e. The van der Waals surface area contributed by atoms with Crippen LogP contribution in [0.1, 0.15) is 77.9 Å². The molecule has 0 radical (unpaired) electrons. The van der Waals surface area contributed by atoms with Crippen LogP contribution in [0, 0.1) is 29.1 Å². The minimum atomic E-state index is -1.47. The molecule has 4 aromatic carbocycles. The second-order valence-corrected chi connectivity index (χ2v) is 17.9. The summed E-state index contributed by atoms with van der Waals surface area (Å²) < 4.78 is 32.5. The highest BCUT2D eigenvalue weighted by Crippen LogP contribution is 2.62. The number of benzene rings is 4. The van der Waals surface area contributed by atoms with Crippen molar-refractivity contribution in [2.45, 2.75) is 74.1 Å². The van der Waals surface area contributed by atoms with Crippen molar-refractivity contribution in [3.63, 3.8) is 0 Å². The normalized spacial score (nSPS) is 23.0. The third kappa shape index (κ3) is 9.92. The van der Waals surface area contributed by atoms with E-state index < -0.39 is 17.7 Å². The van der Waals surface area contributed by atoms with Crippen LogP contribution in [0.2, 0.25) is 0 Å². The Morgan fingerprint density at radius 3 is 2.49 bits per heavy atom. The average molecular weight is 900 g/mol. The molecule has 6 atom stereocenters. The number of hydrogen-bond donors (Lipinski definition) is 2. The molecule has 340 valence electrons. The first kappa shape index (κ1) is 45.8. The quantitative estimate of drug-likeness (QED) is 0.0357. The summed E-state index contributed by atoms with van der Waals surface area (Å²) in [6.07, 6.45) is 8.83. The van der Waals surface area contributed by atoms with Crippen LogP contribution in [-0.4, -0.2) is 84.6 Å². The molecule has 2 N–H and O–H groups in total. The van der Waals surface area contributed by atoms with Gasteiger partial charge in [-0.1, -0.05) is 54.4 Å². The van der Waals surface area contributed by atoms with Crippen molar-refractivity contribution >= 4 is 23.4 Å². The number of carbonyl (C=O) groups is 1. The molecule has 0 saturated heterocycles. The zero-order valence-electron chi connectivity index (χ0n) is 36.8. The molecule has 13 heteroatoms. The number of aliphatic hydroxyl groups is 2. The molecule has 1 amide bonds. The number of amides is 1. The van der Waals surface area contributed by atoms with Crippen LogP contribution in [0.25, 0.3) is 0 Å². The molecule has 12 nitrogen and oxygen atoms in total. The van der Waals surface area contributed by atoms with Gasteiger partial charge in [-0.15, -0.1) is 18.3 Å². The van der Waals surface area contributed by atoms with Gasteiger partial charge in [0.15, 0.2) is 11.5 Å². The van der Waals surface area contributed by atoms with Crippen LogP contribution in [0.4, 0.5) is 0 Å². The van der Waals surface area contributed by atoms with E-state index in [9.17, 15) is 15.5 Å². The molecule has 2 heterocycles. The predicted molar refractivity (Wildman–Crippen MR) is 248 cm³/mol. The second kappa shape index (κ2) is 21.5. The summed E-state index contributed by atoms with van der Waals surface area (Å²) in [5.74, 6) is 0.993. The summed E-state index contributed by atoms with van der Waals surface area (Å²) in [4.78, 5) is 24.0. The molecule has 2 aliphatic heterocycles. The van der Waals surface area contributed by atoms with E-state index in [0.717, 1.165) is 53.9 Å². The Morgan fingerprint density at radius 1 is 0.969 bits per heavy atom. The van der Waals surface area contributed by atoms with E-state index in [1.807, 2.05) is 53.4 Å². The van der Waals surface area contributed by atoms with Gasteiger partial charge in [-0.25, -0.2) is 0 Å². The van der Waals surface area contributed by atoms with Crippen molar-refractivity contribution < 1.29 is 43.5 Å². The Balaban J connectivity index is 1.29. The lowest BCUT2D eigenvalue weighted by molar-refractivity contribution is -0.255. The highest BCUT2D eigenvalue weighted by atomic mass is 32.2. The minimum Gasteiger partial charge on any atom is -0.493 e. The molecular formula is C52H57N3O9S. The maximum atomic E-state index is 15.3. The van der Waals surface area contributed by atoms with Gasteiger partial charge in [-0.05, 0) is 115 Å². The summed E-state index contributed by atoms with van der Waals surface area (Å²) in [5.41, 5.74) is 4.24. The zero-order chi connectivity index (χ0) is 45.2. The summed E-state index contributed by atoms with van der Waals surface area (Å²) >= 11 is 1.74. The fourth-order valence-electron chi connectivity index (χ4n) is 10.1. The number of hydrogen-bond acceptors (Lipinski definition) is 12. The number of allylic oxidation sites excluding steroid dienone is 1. The highest BCUT2D eigenvalue weighted by Gasteiger charge is 2.65. The lowest BCUT2D eigenvalue weighted by atomic mass is 9.55. The molecule has 2 aliphatic carbocycles. The summed E-state index contributed by atoms with van der Waals surface area (Å²) in [5, 5.41) is 34.3. The van der Waals surface area contributed by atoms with Crippen LogP contribution < -0.4 is 18.9 Å². The van der Waals surface area contributed by atoms with E-state index in [-0.39, 0.29) is 63.2 Å². The molecular weight excluding hydrogens is 843 g/mol. The van der Waals surface area contributed by atoms with Gasteiger partial charge in [-0.2, -0.15) is 5.26 Å². The fraction of sp³-hybridized carbons (Fsp3) is 0.404. The van der Waals surface area contributed by atoms with Crippen molar-refractivity contribution in [3.8, 4) is 29.1 Å². The number of nitriles is 1. The van der Waals surface area contributed by atoms with Crippen molar-refractivity contribution in [2.24, 2.45) is 22.9 Å². The third-order valence-electron chi connectivity index (χ3n) is 12.9. The minimum absolute atomic E-state index is 0.0475. The number of rotatable bonds is 21. The van der Waals surface area contributed by atoms with Gasteiger partial charge in [0.25, 0.3) is 5.91 Å². The molecule has 0 bridgehead atoms. The Labute approximate surface area is 385 Å². The van der Waals surface area contributed by atoms with E-state index in [1.165, 1.54) is 12.0 Å². The monoisotopic (exact) mass is 899 g/mol. The first-order valence-corrected chi connectivity index (χ1v) is 23.5. The van der Waals surface area contributed by atoms with Crippen LogP contribution >= 0.6 is 11.8 Å². The summed E-state index contributed by atoms with van der Waals surface area (Å²) in [7, 11) is 1.54. The predicted octanol–water partition coefficient (Wildman–Crippen LogP) is 9.06. The molecule has 4 aromatic rings. The number of aliphatic hydroxyl groups excluding tert-OH is 2. The van der Waals surface area contributed by atoms with E-state index in [4.69, 9.17) is 33.7 Å². The standard InChI is InChI=1S/C52H57N3O9S/c1-3-25-63-52-48(55(51(58)37-18-15-35(32-53)16-19-37)33-36-17-21-46-47(28-36)62-34-61-46)31-44(54-59-2)42-29-38(11-7-9-23-56)41(14-8-10-24-57)49(50(42)52)43-30-39(20-22-45(43)64-52)60-26-27-65-40-12-5-4-6-13-40/h3-6,12-13,15-22,28-30,38,41,48-50,56-57H,1,7-11,14,23-27,31,33-34H2,2H3. The third-order valence-corrected chi connectivity index (χ3v) is 13.9. The van der Waals surface area contributed by atoms with E-state index in [1.54, 1.807) is 42.1 Å². The second-order valence-electron chi connectivity index (χ2n) is 16.8. The average Bonchev–Trinajstić information content (AvgIpc) is 3.81. The van der Waals surface area contributed by atoms with Crippen molar-refractivity contribution in [1.29, 1.82) is 5.26 Å². The van der Waals surface area contributed by atoms with E-state index in [0.29, 0.717) is 53.5 Å². The number of nitrogens with zero attached hydrogens (tertiary/aromatic N) is 3. The Kier molecular flexibility index (Phi) is 15.1. The van der Waals surface area contributed by atoms with Crippen LogP contribution in [0.3, 0.4) is 0 Å². The topological polar surface area (TPSA) is 152 Å². The molecule has 8 rings (SSSR count). The van der Waals surface area contributed by atoms with Crippen molar-refractivity contribution in [2.75, 3.05) is 46.1 Å². The number of fused-ring (bicyclic) bond motifs is 3. The van der Waals surface area contributed by atoms with Crippen LogP contribution in [0.15, 0.2) is 125 Å². The maximum absolute atomic E-state index is 15.3. The molecule has 1 saturated carbocycles. The Morgan fingerprint density at radius 2 is 1.74 bits per heavy atom. The van der Waals surface area contributed by atoms with Gasteiger partial charge in [0, 0.05) is 53.9 Å². The van der Waals surface area contributed by atoms with Gasteiger partial charge in [0.2, 0.25) is 12.6 Å². The molecule has 4 aliphatic rings. The van der Waals surface area contributed by atoms with Gasteiger partial charge in [0.1, 0.15) is 24.7 Å². The fourth-order valence-corrected chi connectivity index (χ4v) is 10.8. The van der Waals surface area contributed by atoms with E-state index in [2.05, 4.69) is 36.9 Å². The summed E-state index contributed by atoms with van der Waals surface area (Å²) in [6.45, 7) is 5.12. The number of oxime groups is 1. The lowest BCUT2D eigenvalue weighted by Gasteiger charge is -2.60. The molecule has 65 heavy (non-hydrogen) atoms. The van der Waals surface area contributed by atoms with E-state index >= 15 is 4.79 Å². The number of ether oxygens (including phenoxy) is 5. The van der Waals surface area contributed by atoms with Gasteiger partial charge >= 0.3 is 0 Å². The van der Waals surface area contributed by atoms with Crippen LogP contribution in [-0.2, 0) is 16.1 Å². The van der Waals surface area contributed by atoms with Gasteiger partial charge in [-0.3, -0.25) is 4.79 Å². The SMILES string of the molecule is C=CCOC12Oc3ccc(OCCSc4ccccc4)cc3C3C(CCCCO)C(CCCCO)C=C(C(=NOC)CC1N(Cc1ccc4c(c1)OCO4)C(=O)c1ccc(C#N)cc1)C32. The Hall–Kier alpha value is -5.78. The zero-order valence-corrected chi connectivity index (χ0v) is 37.6. The van der Waals surface area contributed by atoms with Crippen molar-refractivity contribution in [1.82, 2.24) is 4.90 Å². The molecule has 0 aromatic heterocycles. The number of carbonyl (C=O) groups excluding carboxylic acids is 1. The lowest BCUT2D eigenvalue weighted by Crippen LogP contribution is -2.70. The summed E-state index contributed by atoms with van der Waals surface area (Å²) in [6, 6.07) is 30.0. The van der Waals surface area contributed by atoms with Gasteiger partial charge < -0.3 is 43.6 Å². The molecule has 1 fully saturated rings. The largest absolute Gasteiger partial charge is 0.493 e. The first-order chi connectivity index (χ1) is 31.9. The van der Waals surface area contributed by atoms with Crippen molar-refractivity contribution in [3.05, 3.63) is 138 Å². The smallest absolute Gasteiger partial charge is 0.254 e. The first-order valence-electron chi connectivity index (χ1n) is 22.5. The number of unbranched alkanes of at least 4 members (excludes halogenated alkanes) is 2. The molecule has 0 spiro atoms. The van der Waals surface area contributed by atoms with Gasteiger partial charge in [0.05, 0.1) is 36.5 Å².